The molecule has 1 saturated heterocycles. The minimum Gasteiger partial charge on any atom is -0.379 e. The molecule has 5 rings (SSSR count). The molecule has 1 aliphatic heterocycles. The molecule has 35 heavy (non-hydrogen) atoms. The number of hydrogen-bond acceptors (Lipinski definition) is 8. The third-order valence-corrected chi connectivity index (χ3v) is 7.95. The van der Waals surface area contributed by atoms with E-state index in [9.17, 15) is 23.3 Å². The average molecular weight is 499 g/mol. The van der Waals surface area contributed by atoms with E-state index >= 15 is 0 Å². The summed E-state index contributed by atoms with van der Waals surface area (Å²) in [4.78, 5) is 32.5. The standard InChI is InChI=1S/C22H22N6O6S/c1-2-27-20-6-4-16(35(32,33)26-7-9-34-10-8-26)12-19(20)24-21(27)13-25-14-23-18-11-15(28(30)31)3-5-17(18)22(25)29/h3-6,11-12,14H,2,7-10,13H2,1H3. The number of sulfonamides is 1. The molecule has 3 heterocycles. The van der Waals surface area contributed by atoms with Gasteiger partial charge < -0.3 is 9.30 Å². The van der Waals surface area contributed by atoms with Crippen LogP contribution in [0.1, 0.15) is 12.7 Å². The van der Waals surface area contributed by atoms with Gasteiger partial charge in [0.1, 0.15) is 5.82 Å². The Bertz CT molecular complexity index is 1620. The number of ether oxygens (including phenoxy) is 1. The predicted octanol–water partition coefficient (Wildman–Crippen LogP) is 1.74. The second-order valence-corrected chi connectivity index (χ2v) is 10.0. The van der Waals surface area contributed by atoms with Crippen molar-refractivity contribution in [3.05, 3.63) is 69.0 Å². The summed E-state index contributed by atoms with van der Waals surface area (Å²) in [7, 11) is -3.67. The highest BCUT2D eigenvalue weighted by atomic mass is 32.2. The Kier molecular flexibility index (Phi) is 5.83. The fourth-order valence-electron chi connectivity index (χ4n) is 4.25. The van der Waals surface area contributed by atoms with E-state index < -0.39 is 14.9 Å². The number of imidazole rings is 1. The SMILES string of the molecule is CCn1c(Cn2cnc3cc([N+](=O)[O-])ccc3c2=O)nc2cc(S(=O)(=O)N3CCOCC3)ccc21. The van der Waals surface area contributed by atoms with Gasteiger partial charge in [-0.1, -0.05) is 0 Å². The van der Waals surface area contributed by atoms with E-state index in [4.69, 9.17) is 4.74 Å². The number of nitro benzene ring substituents is 1. The lowest BCUT2D eigenvalue weighted by Gasteiger charge is -2.26. The Labute approximate surface area is 199 Å². The molecule has 0 amide bonds. The van der Waals surface area contributed by atoms with Gasteiger partial charge in [0.25, 0.3) is 11.2 Å². The number of non-ortho nitro benzene ring substituents is 1. The van der Waals surface area contributed by atoms with Crippen molar-refractivity contribution in [2.45, 2.75) is 24.9 Å². The molecule has 1 aliphatic rings. The lowest BCUT2D eigenvalue weighted by molar-refractivity contribution is -0.384. The van der Waals surface area contributed by atoms with Gasteiger partial charge in [0, 0.05) is 31.8 Å². The molecule has 0 radical (unpaired) electrons. The van der Waals surface area contributed by atoms with Gasteiger partial charge in [-0.25, -0.2) is 18.4 Å². The zero-order valence-electron chi connectivity index (χ0n) is 18.8. The number of nitro groups is 1. The maximum atomic E-state index is 13.1. The number of nitrogens with zero attached hydrogens (tertiary/aromatic N) is 6. The molecule has 2 aromatic carbocycles. The number of fused-ring (bicyclic) bond motifs is 2. The van der Waals surface area contributed by atoms with E-state index in [1.165, 1.54) is 33.4 Å². The van der Waals surface area contributed by atoms with Crippen molar-refractivity contribution in [3.8, 4) is 0 Å². The summed E-state index contributed by atoms with van der Waals surface area (Å²) in [6, 6.07) is 8.78. The molecule has 4 aromatic rings. The highest BCUT2D eigenvalue weighted by molar-refractivity contribution is 7.89. The van der Waals surface area contributed by atoms with Crippen molar-refractivity contribution >= 4 is 37.6 Å². The van der Waals surface area contributed by atoms with E-state index in [2.05, 4.69) is 9.97 Å². The molecule has 0 unspecified atom stereocenters. The summed E-state index contributed by atoms with van der Waals surface area (Å²) in [6.45, 7) is 3.92. The van der Waals surface area contributed by atoms with Crippen LogP contribution in [0.3, 0.4) is 0 Å². The van der Waals surface area contributed by atoms with Gasteiger partial charge in [-0.3, -0.25) is 19.5 Å². The Morgan fingerprint density at radius 3 is 2.60 bits per heavy atom. The number of benzene rings is 2. The van der Waals surface area contributed by atoms with Crippen LogP contribution in [-0.2, 0) is 27.8 Å². The first-order chi connectivity index (χ1) is 16.8. The van der Waals surface area contributed by atoms with Gasteiger partial charge in [-0.05, 0) is 31.2 Å². The van der Waals surface area contributed by atoms with Crippen molar-refractivity contribution in [3.63, 3.8) is 0 Å². The molecule has 12 nitrogen and oxygen atoms in total. The zero-order chi connectivity index (χ0) is 24.7. The first-order valence-corrected chi connectivity index (χ1v) is 12.4. The summed E-state index contributed by atoms with van der Waals surface area (Å²) >= 11 is 0. The first kappa shape index (κ1) is 23.1. The molecule has 182 valence electrons. The Morgan fingerprint density at radius 1 is 1.11 bits per heavy atom. The van der Waals surface area contributed by atoms with Crippen LogP contribution >= 0.6 is 0 Å². The summed E-state index contributed by atoms with van der Waals surface area (Å²) in [5, 5.41) is 11.3. The van der Waals surface area contributed by atoms with Gasteiger partial charge >= 0.3 is 0 Å². The quantitative estimate of drug-likeness (QED) is 0.289. The largest absolute Gasteiger partial charge is 0.379 e. The fourth-order valence-corrected chi connectivity index (χ4v) is 5.68. The molecular formula is C22H22N6O6S. The molecule has 0 saturated carbocycles. The number of morpholine rings is 1. The van der Waals surface area contributed by atoms with Crippen molar-refractivity contribution in [2.24, 2.45) is 0 Å². The van der Waals surface area contributed by atoms with Crippen molar-refractivity contribution < 1.29 is 18.1 Å². The van der Waals surface area contributed by atoms with E-state index in [0.29, 0.717) is 44.2 Å². The number of rotatable bonds is 6. The molecule has 0 N–H and O–H groups in total. The Morgan fingerprint density at radius 2 is 1.89 bits per heavy atom. The van der Waals surface area contributed by atoms with Crippen LogP contribution in [0.15, 0.2) is 52.4 Å². The summed E-state index contributed by atoms with van der Waals surface area (Å²) in [5.41, 5.74) is 1.00. The topological polar surface area (TPSA) is 142 Å². The van der Waals surface area contributed by atoms with Crippen molar-refractivity contribution in [1.29, 1.82) is 0 Å². The summed E-state index contributed by atoms with van der Waals surface area (Å²) < 4.78 is 36.1. The van der Waals surface area contributed by atoms with E-state index in [0.717, 1.165) is 5.52 Å². The first-order valence-electron chi connectivity index (χ1n) is 11.0. The summed E-state index contributed by atoms with van der Waals surface area (Å²) in [6.07, 6.45) is 1.34. The monoisotopic (exact) mass is 498 g/mol. The predicted molar refractivity (Wildman–Crippen MR) is 127 cm³/mol. The van der Waals surface area contributed by atoms with E-state index in [-0.39, 0.29) is 33.6 Å². The third-order valence-electron chi connectivity index (χ3n) is 6.05. The van der Waals surface area contributed by atoms with Crippen LogP contribution in [-0.4, -0.2) is 63.1 Å². The second-order valence-electron chi connectivity index (χ2n) is 8.08. The maximum absolute atomic E-state index is 13.1. The molecule has 0 spiro atoms. The molecule has 0 aliphatic carbocycles. The maximum Gasteiger partial charge on any atom is 0.271 e. The van der Waals surface area contributed by atoms with E-state index in [1.54, 1.807) is 18.2 Å². The van der Waals surface area contributed by atoms with Crippen LogP contribution in [0.2, 0.25) is 0 Å². The smallest absolute Gasteiger partial charge is 0.271 e. The Hall–Kier alpha value is -3.68. The molecule has 2 aromatic heterocycles. The minimum atomic E-state index is -3.67. The van der Waals surface area contributed by atoms with Crippen LogP contribution in [0, 0.1) is 10.1 Å². The highest BCUT2D eigenvalue weighted by Crippen LogP contribution is 2.24. The van der Waals surface area contributed by atoms with Crippen LogP contribution in [0.4, 0.5) is 5.69 Å². The normalized spacial score (nSPS) is 15.1. The molecule has 1 fully saturated rings. The number of aryl methyl sites for hydroxylation is 1. The third kappa shape index (κ3) is 4.07. The Balaban J connectivity index is 1.52. The molecule has 0 bridgehead atoms. The van der Waals surface area contributed by atoms with Crippen LogP contribution in [0.5, 0.6) is 0 Å². The van der Waals surface area contributed by atoms with Crippen molar-refractivity contribution in [2.75, 3.05) is 26.3 Å². The molecule has 0 atom stereocenters. The van der Waals surface area contributed by atoms with Gasteiger partial charge in [0.05, 0.1) is 57.8 Å². The lowest BCUT2D eigenvalue weighted by atomic mass is 10.2. The second kappa shape index (κ2) is 8.83. The molecule has 13 heteroatoms. The molecular weight excluding hydrogens is 476 g/mol. The van der Waals surface area contributed by atoms with Crippen molar-refractivity contribution in [1.82, 2.24) is 23.4 Å². The zero-order valence-corrected chi connectivity index (χ0v) is 19.6. The van der Waals surface area contributed by atoms with Crippen LogP contribution < -0.4 is 5.56 Å². The van der Waals surface area contributed by atoms with Gasteiger partial charge in [-0.15, -0.1) is 0 Å². The van der Waals surface area contributed by atoms with Crippen LogP contribution in [0.25, 0.3) is 21.9 Å². The fraction of sp³-hybridized carbons (Fsp3) is 0.318. The van der Waals surface area contributed by atoms with E-state index in [1.807, 2.05) is 11.5 Å². The minimum absolute atomic E-state index is 0.104. The summed E-state index contributed by atoms with van der Waals surface area (Å²) in [5.74, 6) is 0.564. The van der Waals surface area contributed by atoms with Gasteiger partial charge in [-0.2, -0.15) is 4.31 Å². The number of aromatic nitrogens is 4. The number of hydrogen-bond donors (Lipinski definition) is 0. The average Bonchev–Trinajstić information content (AvgIpc) is 3.22. The van der Waals surface area contributed by atoms with Gasteiger partial charge in [0.15, 0.2) is 0 Å². The van der Waals surface area contributed by atoms with Gasteiger partial charge in [0.2, 0.25) is 10.0 Å². The lowest BCUT2D eigenvalue weighted by Crippen LogP contribution is -2.40. The highest BCUT2D eigenvalue weighted by Gasteiger charge is 2.27.